The van der Waals surface area contributed by atoms with Crippen molar-refractivity contribution in [3.8, 4) is 0 Å². The normalized spacial score (nSPS) is 19.9. The quantitative estimate of drug-likeness (QED) is 0.782. The standard InChI is InChI=1S/C15H23N3O2/c1-17-10-13-11-18(8-9-20-13)7-6-12-4-2-3-5-14(12)15(16)19/h2-5,13,17H,6-11H2,1H3,(H2,16,19). The molecular formula is C15H23N3O2. The predicted molar refractivity (Wildman–Crippen MR) is 78.8 cm³/mol. The molecule has 5 nitrogen and oxygen atoms in total. The van der Waals surface area contributed by atoms with Crippen molar-refractivity contribution in [3.05, 3.63) is 35.4 Å². The number of benzene rings is 1. The molecule has 1 atom stereocenters. The van der Waals surface area contributed by atoms with Crippen LogP contribution in [0.3, 0.4) is 0 Å². The first-order chi connectivity index (χ1) is 9.70. The lowest BCUT2D eigenvalue weighted by Crippen LogP contribution is -2.46. The topological polar surface area (TPSA) is 67.6 Å². The molecule has 0 aromatic heterocycles. The van der Waals surface area contributed by atoms with Gasteiger partial charge in [0.15, 0.2) is 0 Å². The Balaban J connectivity index is 1.90. The number of hydrogen-bond donors (Lipinski definition) is 2. The van der Waals surface area contributed by atoms with Crippen molar-refractivity contribution < 1.29 is 9.53 Å². The number of primary amides is 1. The van der Waals surface area contributed by atoms with Crippen LogP contribution < -0.4 is 11.1 Å². The molecule has 3 N–H and O–H groups in total. The van der Waals surface area contributed by atoms with Crippen LogP contribution in [0.1, 0.15) is 15.9 Å². The molecule has 2 rings (SSSR count). The van der Waals surface area contributed by atoms with E-state index in [-0.39, 0.29) is 12.0 Å². The third kappa shape index (κ3) is 4.03. The number of carbonyl (C=O) groups excluding carboxylic acids is 1. The molecule has 0 bridgehead atoms. The van der Waals surface area contributed by atoms with Crippen LogP contribution in [0.4, 0.5) is 0 Å². The average Bonchev–Trinajstić information content (AvgIpc) is 2.46. The fraction of sp³-hybridized carbons (Fsp3) is 0.533. The fourth-order valence-corrected chi connectivity index (χ4v) is 2.59. The predicted octanol–water partition coefficient (Wildman–Crippen LogP) is 0.248. The highest BCUT2D eigenvalue weighted by molar-refractivity contribution is 5.94. The van der Waals surface area contributed by atoms with Crippen molar-refractivity contribution in [1.82, 2.24) is 10.2 Å². The van der Waals surface area contributed by atoms with E-state index in [0.717, 1.165) is 44.8 Å². The Morgan fingerprint density at radius 3 is 3.05 bits per heavy atom. The van der Waals surface area contributed by atoms with Crippen LogP contribution in [0.25, 0.3) is 0 Å². The summed E-state index contributed by atoms with van der Waals surface area (Å²) in [6, 6.07) is 7.57. The summed E-state index contributed by atoms with van der Waals surface area (Å²) >= 11 is 0. The van der Waals surface area contributed by atoms with Crippen LogP contribution in [-0.2, 0) is 11.2 Å². The number of ether oxygens (including phenoxy) is 1. The Kier molecular flexibility index (Phi) is 5.52. The van der Waals surface area contributed by atoms with E-state index in [1.807, 2.05) is 25.2 Å². The second kappa shape index (κ2) is 7.38. The lowest BCUT2D eigenvalue weighted by atomic mass is 10.0. The van der Waals surface area contributed by atoms with E-state index in [4.69, 9.17) is 10.5 Å². The number of likely N-dealkylation sites (N-methyl/N-ethyl adjacent to an activating group) is 1. The zero-order valence-electron chi connectivity index (χ0n) is 12.0. The largest absolute Gasteiger partial charge is 0.374 e. The molecule has 110 valence electrons. The number of nitrogens with zero attached hydrogens (tertiary/aromatic N) is 1. The highest BCUT2D eigenvalue weighted by atomic mass is 16.5. The minimum atomic E-state index is -0.351. The van der Waals surface area contributed by atoms with E-state index in [2.05, 4.69) is 10.2 Å². The van der Waals surface area contributed by atoms with Crippen molar-refractivity contribution >= 4 is 5.91 Å². The van der Waals surface area contributed by atoms with Crippen molar-refractivity contribution in [2.75, 3.05) is 39.8 Å². The first-order valence-corrected chi connectivity index (χ1v) is 7.07. The van der Waals surface area contributed by atoms with Gasteiger partial charge in [0.05, 0.1) is 12.7 Å². The molecule has 1 saturated heterocycles. The zero-order valence-corrected chi connectivity index (χ0v) is 12.0. The summed E-state index contributed by atoms with van der Waals surface area (Å²) in [5.41, 5.74) is 7.06. The number of carbonyl (C=O) groups is 1. The number of morpholine rings is 1. The Labute approximate surface area is 120 Å². The smallest absolute Gasteiger partial charge is 0.248 e. The van der Waals surface area contributed by atoms with Crippen molar-refractivity contribution in [1.29, 1.82) is 0 Å². The number of nitrogens with two attached hydrogens (primary N) is 1. The Morgan fingerprint density at radius 2 is 2.30 bits per heavy atom. The highest BCUT2D eigenvalue weighted by Crippen LogP contribution is 2.11. The van der Waals surface area contributed by atoms with Gasteiger partial charge < -0.3 is 15.8 Å². The third-order valence-corrected chi connectivity index (χ3v) is 3.63. The molecule has 5 heteroatoms. The van der Waals surface area contributed by atoms with Gasteiger partial charge in [-0.1, -0.05) is 18.2 Å². The number of nitrogens with one attached hydrogen (secondary N) is 1. The van der Waals surface area contributed by atoms with Crippen LogP contribution in [-0.4, -0.2) is 56.7 Å². The lowest BCUT2D eigenvalue weighted by Gasteiger charge is -2.33. The van der Waals surface area contributed by atoms with Crippen LogP contribution in [0.2, 0.25) is 0 Å². The van der Waals surface area contributed by atoms with Gasteiger partial charge in [-0.05, 0) is 25.1 Å². The van der Waals surface area contributed by atoms with Crippen molar-refractivity contribution in [2.24, 2.45) is 5.73 Å². The van der Waals surface area contributed by atoms with Gasteiger partial charge in [0.2, 0.25) is 5.91 Å². The Morgan fingerprint density at radius 1 is 1.50 bits per heavy atom. The molecule has 20 heavy (non-hydrogen) atoms. The summed E-state index contributed by atoms with van der Waals surface area (Å²) in [5, 5.41) is 3.14. The Bertz CT molecular complexity index is 448. The van der Waals surface area contributed by atoms with Gasteiger partial charge in [0, 0.05) is 31.7 Å². The third-order valence-electron chi connectivity index (χ3n) is 3.63. The molecule has 1 fully saturated rings. The van der Waals surface area contributed by atoms with Gasteiger partial charge in [0.1, 0.15) is 0 Å². The van der Waals surface area contributed by atoms with Gasteiger partial charge in [-0.2, -0.15) is 0 Å². The average molecular weight is 277 g/mol. The number of amides is 1. The van der Waals surface area contributed by atoms with E-state index < -0.39 is 0 Å². The Hall–Kier alpha value is -1.43. The maximum atomic E-state index is 11.4. The molecule has 1 aliphatic heterocycles. The lowest BCUT2D eigenvalue weighted by molar-refractivity contribution is -0.0258. The summed E-state index contributed by atoms with van der Waals surface area (Å²) in [6.07, 6.45) is 1.09. The maximum absolute atomic E-state index is 11.4. The molecule has 0 saturated carbocycles. The minimum absolute atomic E-state index is 0.250. The van der Waals surface area contributed by atoms with Gasteiger partial charge in [0.25, 0.3) is 0 Å². The first kappa shape index (κ1) is 15.0. The molecule has 1 amide bonds. The molecule has 0 radical (unpaired) electrons. The zero-order chi connectivity index (χ0) is 14.4. The minimum Gasteiger partial charge on any atom is -0.374 e. The molecule has 0 aliphatic carbocycles. The molecule has 1 heterocycles. The monoisotopic (exact) mass is 277 g/mol. The first-order valence-electron chi connectivity index (χ1n) is 7.07. The maximum Gasteiger partial charge on any atom is 0.248 e. The van der Waals surface area contributed by atoms with Crippen LogP contribution in [0.15, 0.2) is 24.3 Å². The second-order valence-electron chi connectivity index (χ2n) is 5.12. The molecule has 1 unspecified atom stereocenters. The van der Waals surface area contributed by atoms with Gasteiger partial charge >= 0.3 is 0 Å². The van der Waals surface area contributed by atoms with Gasteiger partial charge in [-0.3, -0.25) is 9.69 Å². The van der Waals surface area contributed by atoms with E-state index in [1.54, 1.807) is 6.07 Å². The van der Waals surface area contributed by atoms with Crippen LogP contribution in [0, 0.1) is 0 Å². The molecule has 1 aliphatic rings. The molecule has 1 aromatic carbocycles. The summed E-state index contributed by atoms with van der Waals surface area (Å²) in [5.74, 6) is -0.351. The SMILES string of the molecule is CNCC1CN(CCc2ccccc2C(N)=O)CCO1. The van der Waals surface area contributed by atoms with E-state index in [1.165, 1.54) is 0 Å². The fourth-order valence-electron chi connectivity index (χ4n) is 2.59. The number of rotatable bonds is 6. The van der Waals surface area contributed by atoms with Crippen molar-refractivity contribution in [3.63, 3.8) is 0 Å². The summed E-state index contributed by atoms with van der Waals surface area (Å²) in [6.45, 7) is 4.44. The highest BCUT2D eigenvalue weighted by Gasteiger charge is 2.19. The summed E-state index contributed by atoms with van der Waals surface area (Å²) in [4.78, 5) is 13.8. The van der Waals surface area contributed by atoms with Crippen LogP contribution in [0.5, 0.6) is 0 Å². The van der Waals surface area contributed by atoms with Crippen LogP contribution >= 0.6 is 0 Å². The van der Waals surface area contributed by atoms with Gasteiger partial charge in [-0.15, -0.1) is 0 Å². The summed E-state index contributed by atoms with van der Waals surface area (Å²) in [7, 11) is 1.94. The number of hydrogen-bond acceptors (Lipinski definition) is 4. The van der Waals surface area contributed by atoms with Gasteiger partial charge in [-0.25, -0.2) is 0 Å². The van der Waals surface area contributed by atoms with Crippen molar-refractivity contribution in [2.45, 2.75) is 12.5 Å². The van der Waals surface area contributed by atoms with E-state index in [0.29, 0.717) is 5.56 Å². The molecule has 1 aromatic rings. The molecular weight excluding hydrogens is 254 g/mol. The summed E-state index contributed by atoms with van der Waals surface area (Å²) < 4.78 is 5.68. The van der Waals surface area contributed by atoms with E-state index >= 15 is 0 Å². The molecule has 0 spiro atoms. The second-order valence-corrected chi connectivity index (χ2v) is 5.12. The van der Waals surface area contributed by atoms with E-state index in [9.17, 15) is 4.79 Å².